The molecule has 5 heteroatoms. The van der Waals surface area contributed by atoms with E-state index in [4.69, 9.17) is 5.73 Å². The lowest BCUT2D eigenvalue weighted by atomic mass is 10.1. The monoisotopic (exact) mass is 312 g/mol. The van der Waals surface area contributed by atoms with Crippen LogP contribution in [-0.2, 0) is 4.79 Å². The Kier molecular flexibility index (Phi) is 3.92. The van der Waals surface area contributed by atoms with Gasteiger partial charge < -0.3 is 15.7 Å². The van der Waals surface area contributed by atoms with Crippen molar-refractivity contribution in [2.24, 2.45) is 11.7 Å². The van der Waals surface area contributed by atoms with Crippen LogP contribution in [0.15, 0.2) is 22.7 Å². The molecule has 4 nitrogen and oxygen atoms in total. The molecule has 0 radical (unpaired) electrons. The van der Waals surface area contributed by atoms with Crippen molar-refractivity contribution in [3.8, 4) is 0 Å². The van der Waals surface area contributed by atoms with Crippen molar-refractivity contribution in [2.75, 3.05) is 18.0 Å². The van der Waals surface area contributed by atoms with Crippen molar-refractivity contribution >= 4 is 27.5 Å². The molecule has 1 aromatic rings. The molecule has 0 saturated carbocycles. The SMILES string of the molecule is CC(O)c1cc(Br)ccc1N1CCC(C(N)=O)C1. The van der Waals surface area contributed by atoms with Gasteiger partial charge in [0, 0.05) is 28.8 Å². The van der Waals surface area contributed by atoms with Gasteiger partial charge in [-0.05, 0) is 31.5 Å². The molecule has 2 rings (SSSR count). The second-order valence-corrected chi connectivity index (χ2v) is 5.63. The second kappa shape index (κ2) is 5.28. The molecule has 0 spiro atoms. The number of aliphatic hydroxyl groups excluding tert-OH is 1. The van der Waals surface area contributed by atoms with Crippen LogP contribution in [0.2, 0.25) is 0 Å². The highest BCUT2D eigenvalue weighted by Crippen LogP contribution is 2.32. The number of anilines is 1. The Morgan fingerprint density at radius 2 is 2.33 bits per heavy atom. The van der Waals surface area contributed by atoms with E-state index in [1.165, 1.54) is 0 Å². The summed E-state index contributed by atoms with van der Waals surface area (Å²) in [5, 5.41) is 9.83. The summed E-state index contributed by atoms with van der Waals surface area (Å²) in [4.78, 5) is 13.3. The number of amides is 1. The first-order chi connectivity index (χ1) is 8.49. The Morgan fingerprint density at radius 3 is 2.89 bits per heavy atom. The van der Waals surface area contributed by atoms with Gasteiger partial charge >= 0.3 is 0 Å². The third-order valence-electron chi connectivity index (χ3n) is 3.37. The number of primary amides is 1. The van der Waals surface area contributed by atoms with Crippen LogP contribution in [-0.4, -0.2) is 24.1 Å². The summed E-state index contributed by atoms with van der Waals surface area (Å²) in [6.07, 6.45) is 0.245. The molecular formula is C13H17BrN2O2. The van der Waals surface area contributed by atoms with Crippen molar-refractivity contribution in [3.05, 3.63) is 28.2 Å². The van der Waals surface area contributed by atoms with Crippen molar-refractivity contribution in [1.29, 1.82) is 0 Å². The summed E-state index contributed by atoms with van der Waals surface area (Å²) in [5.41, 5.74) is 7.19. The summed E-state index contributed by atoms with van der Waals surface area (Å²) in [7, 11) is 0. The lowest BCUT2D eigenvalue weighted by Gasteiger charge is -2.23. The van der Waals surface area contributed by atoms with Crippen LogP contribution in [0.4, 0.5) is 5.69 Å². The zero-order valence-electron chi connectivity index (χ0n) is 10.3. The molecule has 3 N–H and O–H groups in total. The van der Waals surface area contributed by atoms with E-state index in [-0.39, 0.29) is 11.8 Å². The van der Waals surface area contributed by atoms with Gasteiger partial charge in [-0.2, -0.15) is 0 Å². The maximum atomic E-state index is 11.2. The van der Waals surface area contributed by atoms with Gasteiger partial charge in [0.1, 0.15) is 0 Å². The normalized spacial score (nSPS) is 21.1. The first-order valence-electron chi connectivity index (χ1n) is 6.01. The summed E-state index contributed by atoms with van der Waals surface area (Å²) in [6.45, 7) is 3.18. The van der Waals surface area contributed by atoms with Gasteiger partial charge in [-0.3, -0.25) is 4.79 Å². The Labute approximate surface area is 115 Å². The summed E-state index contributed by atoms with van der Waals surface area (Å²) in [6, 6.07) is 5.83. The molecule has 0 aliphatic carbocycles. The summed E-state index contributed by atoms with van der Waals surface area (Å²) < 4.78 is 0.938. The first-order valence-corrected chi connectivity index (χ1v) is 6.80. The van der Waals surface area contributed by atoms with Gasteiger partial charge in [-0.15, -0.1) is 0 Å². The topological polar surface area (TPSA) is 66.6 Å². The Hall–Kier alpha value is -1.07. The number of hydrogen-bond acceptors (Lipinski definition) is 3. The van der Waals surface area contributed by atoms with E-state index in [9.17, 15) is 9.90 Å². The van der Waals surface area contributed by atoms with Crippen molar-refractivity contribution < 1.29 is 9.90 Å². The fraction of sp³-hybridized carbons (Fsp3) is 0.462. The van der Waals surface area contributed by atoms with E-state index in [0.29, 0.717) is 6.54 Å². The predicted molar refractivity (Wildman–Crippen MR) is 74.3 cm³/mol. The minimum absolute atomic E-state index is 0.0875. The fourth-order valence-electron chi connectivity index (χ4n) is 2.36. The van der Waals surface area contributed by atoms with Crippen molar-refractivity contribution in [2.45, 2.75) is 19.4 Å². The quantitative estimate of drug-likeness (QED) is 0.894. The van der Waals surface area contributed by atoms with E-state index in [1.807, 2.05) is 18.2 Å². The number of aliphatic hydroxyl groups is 1. The number of nitrogens with two attached hydrogens (primary N) is 1. The van der Waals surface area contributed by atoms with Crippen molar-refractivity contribution in [3.63, 3.8) is 0 Å². The van der Waals surface area contributed by atoms with Gasteiger partial charge in [-0.1, -0.05) is 15.9 Å². The molecule has 2 atom stereocenters. The molecule has 1 aromatic carbocycles. The fourth-order valence-corrected chi connectivity index (χ4v) is 2.74. The van der Waals surface area contributed by atoms with E-state index < -0.39 is 6.10 Å². The molecule has 1 heterocycles. The van der Waals surface area contributed by atoms with Crippen LogP contribution >= 0.6 is 15.9 Å². The molecule has 18 heavy (non-hydrogen) atoms. The van der Waals surface area contributed by atoms with Gasteiger partial charge in [0.2, 0.25) is 5.91 Å². The maximum Gasteiger partial charge on any atom is 0.222 e. The van der Waals surface area contributed by atoms with Crippen LogP contribution in [0.5, 0.6) is 0 Å². The largest absolute Gasteiger partial charge is 0.389 e. The minimum atomic E-state index is -0.537. The molecule has 1 aliphatic heterocycles. The number of carbonyl (C=O) groups is 1. The van der Waals surface area contributed by atoms with E-state index in [0.717, 1.165) is 28.7 Å². The zero-order valence-corrected chi connectivity index (χ0v) is 11.9. The first kappa shape index (κ1) is 13.4. The Balaban J connectivity index is 2.26. The summed E-state index contributed by atoms with van der Waals surface area (Å²) >= 11 is 3.40. The van der Waals surface area contributed by atoms with Gasteiger partial charge in [-0.25, -0.2) is 0 Å². The number of rotatable bonds is 3. The van der Waals surface area contributed by atoms with E-state index in [1.54, 1.807) is 6.92 Å². The molecule has 1 saturated heterocycles. The standard InChI is InChI=1S/C13H17BrN2O2/c1-8(17)11-6-10(14)2-3-12(11)16-5-4-9(7-16)13(15)18/h2-3,6,8-9,17H,4-5,7H2,1H3,(H2,15,18). The van der Waals surface area contributed by atoms with E-state index >= 15 is 0 Å². The lowest BCUT2D eigenvalue weighted by Crippen LogP contribution is -2.27. The van der Waals surface area contributed by atoms with Crippen LogP contribution in [0.1, 0.15) is 25.0 Å². The molecule has 0 bridgehead atoms. The average Bonchev–Trinajstić information content (AvgIpc) is 2.78. The molecule has 1 amide bonds. The van der Waals surface area contributed by atoms with Crippen molar-refractivity contribution in [1.82, 2.24) is 0 Å². The Morgan fingerprint density at radius 1 is 1.61 bits per heavy atom. The van der Waals surface area contributed by atoms with Gasteiger partial charge in [0.05, 0.1) is 12.0 Å². The highest BCUT2D eigenvalue weighted by molar-refractivity contribution is 9.10. The van der Waals surface area contributed by atoms with Crippen LogP contribution < -0.4 is 10.6 Å². The van der Waals surface area contributed by atoms with Crippen LogP contribution in [0.3, 0.4) is 0 Å². The van der Waals surface area contributed by atoms with Crippen LogP contribution in [0, 0.1) is 5.92 Å². The second-order valence-electron chi connectivity index (χ2n) is 4.71. The van der Waals surface area contributed by atoms with Gasteiger partial charge in [0.25, 0.3) is 0 Å². The molecule has 1 aliphatic rings. The third kappa shape index (κ3) is 2.67. The molecule has 98 valence electrons. The smallest absolute Gasteiger partial charge is 0.222 e. The number of hydrogen-bond donors (Lipinski definition) is 2. The maximum absolute atomic E-state index is 11.2. The zero-order chi connectivity index (χ0) is 13.3. The third-order valence-corrected chi connectivity index (χ3v) is 3.86. The van der Waals surface area contributed by atoms with E-state index in [2.05, 4.69) is 20.8 Å². The highest BCUT2D eigenvalue weighted by atomic mass is 79.9. The molecule has 0 aromatic heterocycles. The number of halogens is 1. The molecule has 1 fully saturated rings. The average molecular weight is 313 g/mol. The lowest BCUT2D eigenvalue weighted by molar-refractivity contribution is -0.121. The molecular weight excluding hydrogens is 296 g/mol. The van der Waals surface area contributed by atoms with Crippen LogP contribution in [0.25, 0.3) is 0 Å². The Bertz CT molecular complexity index is 462. The predicted octanol–water partition coefficient (Wildman–Crippen LogP) is 1.81. The number of nitrogens with zero attached hydrogens (tertiary/aromatic N) is 1. The number of carbonyl (C=O) groups excluding carboxylic acids is 1. The molecule has 2 unspecified atom stereocenters. The highest BCUT2D eigenvalue weighted by Gasteiger charge is 2.28. The van der Waals surface area contributed by atoms with Gasteiger partial charge in [0.15, 0.2) is 0 Å². The minimum Gasteiger partial charge on any atom is -0.389 e. The number of benzene rings is 1. The summed E-state index contributed by atoms with van der Waals surface area (Å²) in [5.74, 6) is -0.330.